The minimum atomic E-state index is -3.43. The molecule has 0 spiro atoms. The molecule has 178 valence electrons. The lowest BCUT2D eigenvalue weighted by atomic mass is 10.0. The Morgan fingerprint density at radius 2 is 1.94 bits per heavy atom. The first-order valence-corrected chi connectivity index (χ1v) is 9.87. The van der Waals surface area contributed by atoms with Crippen molar-refractivity contribution >= 4 is 23.5 Å². The Morgan fingerprint density at radius 1 is 1.27 bits per heavy atom. The minimum absolute atomic E-state index is 0.0128. The van der Waals surface area contributed by atoms with E-state index >= 15 is 0 Å². The number of nitrogens with zero attached hydrogens (tertiary/aromatic N) is 3. The van der Waals surface area contributed by atoms with Gasteiger partial charge in [-0.2, -0.15) is 4.39 Å². The topological polar surface area (TPSA) is 96.5 Å². The average Bonchev–Trinajstić information content (AvgIpc) is 2.78. The highest BCUT2D eigenvalue weighted by atomic mass is 35.5. The van der Waals surface area contributed by atoms with E-state index in [1.54, 1.807) is 0 Å². The number of alkyl halides is 3. The Balaban J connectivity index is 1.93. The number of carbonyl (C=O) groups is 2. The van der Waals surface area contributed by atoms with Gasteiger partial charge in [0.25, 0.3) is 0 Å². The summed E-state index contributed by atoms with van der Waals surface area (Å²) in [6.07, 6.45) is -4.44. The first kappa shape index (κ1) is 24.4. The number of carbonyl (C=O) groups excluding carboxylic acids is 2. The molecule has 0 saturated carbocycles. The summed E-state index contributed by atoms with van der Waals surface area (Å²) in [6.45, 7) is 1.85. The first-order valence-electron chi connectivity index (χ1n) is 9.49. The van der Waals surface area contributed by atoms with E-state index in [1.807, 2.05) is 0 Å². The van der Waals surface area contributed by atoms with E-state index < -0.39 is 59.5 Å². The van der Waals surface area contributed by atoms with E-state index in [2.05, 4.69) is 25.3 Å². The monoisotopic (exact) mass is 493 g/mol. The third-order valence-corrected chi connectivity index (χ3v) is 5.15. The van der Waals surface area contributed by atoms with Crippen LogP contribution in [0.5, 0.6) is 6.01 Å². The number of benzene rings is 1. The second kappa shape index (κ2) is 10.1. The van der Waals surface area contributed by atoms with Crippen molar-refractivity contribution in [2.45, 2.75) is 31.8 Å². The zero-order valence-electron chi connectivity index (χ0n) is 16.9. The van der Waals surface area contributed by atoms with E-state index in [4.69, 9.17) is 11.6 Å². The summed E-state index contributed by atoms with van der Waals surface area (Å²) in [5.74, 6) is -2.60. The Hall–Kier alpha value is -3.22. The molecule has 33 heavy (non-hydrogen) atoms. The van der Waals surface area contributed by atoms with Crippen molar-refractivity contribution in [2.24, 2.45) is 0 Å². The van der Waals surface area contributed by atoms with Crippen LogP contribution in [-0.2, 0) is 4.79 Å². The fourth-order valence-electron chi connectivity index (χ4n) is 3.06. The van der Waals surface area contributed by atoms with Crippen LogP contribution in [0.25, 0.3) is 0 Å². The zero-order chi connectivity index (χ0) is 24.3. The summed E-state index contributed by atoms with van der Waals surface area (Å²) in [4.78, 5) is 33.1. The predicted octanol–water partition coefficient (Wildman–Crippen LogP) is 2.97. The van der Waals surface area contributed by atoms with Crippen molar-refractivity contribution in [3.05, 3.63) is 52.3 Å². The summed E-state index contributed by atoms with van der Waals surface area (Å²) in [5.41, 5.74) is -0.254. The number of piperazine rings is 1. The van der Waals surface area contributed by atoms with Gasteiger partial charge in [0.05, 0.1) is 6.04 Å². The lowest BCUT2D eigenvalue weighted by Crippen LogP contribution is -2.58. The number of ether oxygens (including phenoxy) is 1. The van der Waals surface area contributed by atoms with Crippen LogP contribution in [0.1, 0.15) is 24.1 Å². The quantitative estimate of drug-likeness (QED) is 0.476. The molecular formula is C19H17ClF5N5O3. The molecule has 2 N–H and O–H groups in total. The molecule has 1 unspecified atom stereocenters. The van der Waals surface area contributed by atoms with Crippen LogP contribution < -0.4 is 15.4 Å². The molecule has 14 heteroatoms. The molecular weight excluding hydrogens is 477 g/mol. The number of halogens is 6. The second-order valence-corrected chi connectivity index (χ2v) is 7.29. The molecule has 1 saturated heterocycles. The fourth-order valence-corrected chi connectivity index (χ4v) is 3.23. The number of amides is 3. The number of urea groups is 1. The number of rotatable bonds is 6. The molecule has 2 heterocycles. The summed E-state index contributed by atoms with van der Waals surface area (Å²) in [5, 5.41) is 4.27. The van der Waals surface area contributed by atoms with E-state index in [1.165, 1.54) is 11.8 Å². The molecule has 1 aliphatic rings. The third kappa shape index (κ3) is 5.41. The van der Waals surface area contributed by atoms with Crippen molar-refractivity contribution in [1.29, 1.82) is 0 Å². The van der Waals surface area contributed by atoms with E-state index in [-0.39, 0.29) is 24.2 Å². The van der Waals surface area contributed by atoms with Crippen LogP contribution in [0.15, 0.2) is 24.5 Å². The van der Waals surface area contributed by atoms with E-state index in [9.17, 15) is 31.5 Å². The van der Waals surface area contributed by atoms with E-state index in [0.717, 1.165) is 24.5 Å². The van der Waals surface area contributed by atoms with Crippen molar-refractivity contribution in [2.75, 3.05) is 13.1 Å². The maximum absolute atomic E-state index is 14.8. The van der Waals surface area contributed by atoms with Crippen molar-refractivity contribution in [1.82, 2.24) is 25.5 Å². The van der Waals surface area contributed by atoms with Gasteiger partial charge < -0.3 is 20.3 Å². The second-order valence-electron chi connectivity index (χ2n) is 6.91. The predicted molar refractivity (Wildman–Crippen MR) is 104 cm³/mol. The van der Waals surface area contributed by atoms with Gasteiger partial charge in [-0.3, -0.25) is 4.79 Å². The highest BCUT2D eigenvalue weighted by Gasteiger charge is 2.32. The number of aromatic nitrogens is 2. The molecule has 0 radical (unpaired) electrons. The highest BCUT2D eigenvalue weighted by Crippen LogP contribution is 2.30. The standard InChI is InChI=1S/C19H17ClF5N5O3/c1-8-17(31)26-4-5-30(8)19(32)29-14(10-2-3-11(21)12(20)13(10)22)9-6-27-18(28-7-9)33-16(25)15(23)24/h2-3,6-8,14-16H,4-5H2,1H3,(H,26,31)(H,29,32)/t8-,14+,16?/m1/s1. The Kier molecular flexibility index (Phi) is 7.51. The minimum Gasteiger partial charge on any atom is -0.422 e. The van der Waals surface area contributed by atoms with Crippen molar-refractivity contribution in [3.63, 3.8) is 0 Å². The largest absolute Gasteiger partial charge is 0.422 e. The lowest BCUT2D eigenvalue weighted by Gasteiger charge is -2.34. The Bertz CT molecular complexity index is 1030. The Morgan fingerprint density at radius 3 is 2.58 bits per heavy atom. The molecule has 1 aliphatic heterocycles. The van der Waals surface area contributed by atoms with Gasteiger partial charge in [-0.25, -0.2) is 32.3 Å². The highest BCUT2D eigenvalue weighted by molar-refractivity contribution is 6.31. The zero-order valence-corrected chi connectivity index (χ0v) is 17.6. The van der Waals surface area contributed by atoms with Gasteiger partial charge in [0, 0.05) is 36.6 Å². The van der Waals surface area contributed by atoms with Crippen LogP contribution >= 0.6 is 11.6 Å². The van der Waals surface area contributed by atoms with Crippen LogP contribution in [0.4, 0.5) is 26.7 Å². The molecule has 3 amide bonds. The lowest BCUT2D eigenvalue weighted by molar-refractivity contribution is -0.126. The van der Waals surface area contributed by atoms with Gasteiger partial charge in [0.1, 0.15) is 22.7 Å². The maximum Gasteiger partial charge on any atom is 0.319 e. The van der Waals surface area contributed by atoms with Gasteiger partial charge in [0.15, 0.2) is 0 Å². The molecule has 1 aromatic heterocycles. The van der Waals surface area contributed by atoms with Crippen LogP contribution in [-0.4, -0.2) is 58.7 Å². The van der Waals surface area contributed by atoms with E-state index in [0.29, 0.717) is 0 Å². The van der Waals surface area contributed by atoms with Gasteiger partial charge in [0.2, 0.25) is 5.91 Å². The molecule has 2 aromatic rings. The van der Waals surface area contributed by atoms with Crippen LogP contribution in [0.2, 0.25) is 5.02 Å². The molecule has 1 fully saturated rings. The first-order chi connectivity index (χ1) is 15.6. The number of hydrogen-bond acceptors (Lipinski definition) is 5. The average molecular weight is 494 g/mol. The maximum atomic E-state index is 14.8. The fraction of sp³-hybridized carbons (Fsp3) is 0.368. The van der Waals surface area contributed by atoms with Gasteiger partial charge in [-0.1, -0.05) is 17.7 Å². The molecule has 8 nitrogen and oxygen atoms in total. The summed E-state index contributed by atoms with van der Waals surface area (Å²) >= 11 is 5.66. The number of nitrogens with one attached hydrogen (secondary N) is 2. The van der Waals surface area contributed by atoms with Gasteiger partial charge in [-0.05, 0) is 13.0 Å². The molecule has 3 rings (SSSR count). The van der Waals surface area contributed by atoms with Crippen LogP contribution in [0, 0.1) is 11.6 Å². The van der Waals surface area contributed by atoms with Crippen LogP contribution in [0.3, 0.4) is 0 Å². The normalized spacial score (nSPS) is 18.0. The summed E-state index contributed by atoms with van der Waals surface area (Å²) in [7, 11) is 0. The number of hydrogen-bond donors (Lipinski definition) is 2. The van der Waals surface area contributed by atoms with Crippen molar-refractivity contribution in [3.8, 4) is 6.01 Å². The molecule has 3 atom stereocenters. The summed E-state index contributed by atoms with van der Waals surface area (Å²) in [6, 6.07) is -1.74. The molecule has 0 aliphatic carbocycles. The third-order valence-electron chi connectivity index (χ3n) is 4.80. The Labute approximate surface area is 189 Å². The molecule has 0 bridgehead atoms. The van der Waals surface area contributed by atoms with Gasteiger partial charge in [-0.15, -0.1) is 0 Å². The van der Waals surface area contributed by atoms with Crippen molar-refractivity contribution < 1.29 is 36.3 Å². The molecule has 1 aromatic carbocycles. The van der Waals surface area contributed by atoms with Gasteiger partial charge >= 0.3 is 24.8 Å². The summed E-state index contributed by atoms with van der Waals surface area (Å²) < 4.78 is 70.4. The smallest absolute Gasteiger partial charge is 0.319 e. The SMILES string of the molecule is C[C@@H]1C(=O)NCCN1C(=O)N[C@@H](c1cnc(OC(F)C(F)F)nc1)c1ccc(F)c(Cl)c1F.